The molecular formula is C16H16N4O2. The van der Waals surface area contributed by atoms with E-state index in [2.05, 4.69) is 15.4 Å². The molecule has 6 nitrogen and oxygen atoms in total. The number of oxazole rings is 1. The zero-order chi connectivity index (χ0) is 15.5. The molecule has 0 unspecified atom stereocenters. The first-order valence-corrected chi connectivity index (χ1v) is 6.93. The maximum atomic E-state index is 12.0. The van der Waals surface area contributed by atoms with Gasteiger partial charge in [-0.25, -0.2) is 4.98 Å². The Kier molecular flexibility index (Phi) is 3.74. The van der Waals surface area contributed by atoms with Gasteiger partial charge < -0.3 is 9.73 Å². The summed E-state index contributed by atoms with van der Waals surface area (Å²) in [7, 11) is 1.80. The van der Waals surface area contributed by atoms with Crippen LogP contribution < -0.4 is 5.32 Å². The lowest BCUT2D eigenvalue weighted by molar-refractivity contribution is -0.115. The number of nitrogens with one attached hydrogen (secondary N) is 1. The summed E-state index contributed by atoms with van der Waals surface area (Å²) in [6.45, 7) is 1.81. The predicted molar refractivity (Wildman–Crippen MR) is 82.2 cm³/mol. The summed E-state index contributed by atoms with van der Waals surface area (Å²) in [6.07, 6.45) is 1.92. The SMILES string of the molecule is Cc1oc(-c2ccccc2)nc1CC(=O)Nc1ccn(C)n1. The van der Waals surface area contributed by atoms with Gasteiger partial charge in [-0.05, 0) is 19.1 Å². The van der Waals surface area contributed by atoms with E-state index in [0.29, 0.717) is 23.2 Å². The monoisotopic (exact) mass is 296 g/mol. The van der Waals surface area contributed by atoms with Crippen molar-refractivity contribution in [2.45, 2.75) is 13.3 Å². The van der Waals surface area contributed by atoms with Gasteiger partial charge >= 0.3 is 0 Å². The van der Waals surface area contributed by atoms with Gasteiger partial charge in [0.15, 0.2) is 5.82 Å². The minimum Gasteiger partial charge on any atom is -0.441 e. The number of carbonyl (C=O) groups is 1. The van der Waals surface area contributed by atoms with E-state index in [1.54, 1.807) is 24.0 Å². The molecule has 0 aliphatic heterocycles. The van der Waals surface area contributed by atoms with Crippen molar-refractivity contribution in [3.8, 4) is 11.5 Å². The Hall–Kier alpha value is -2.89. The molecule has 6 heteroatoms. The average molecular weight is 296 g/mol. The van der Waals surface area contributed by atoms with E-state index in [4.69, 9.17) is 4.42 Å². The Morgan fingerprint density at radius 3 is 2.73 bits per heavy atom. The molecule has 0 spiro atoms. The van der Waals surface area contributed by atoms with Crippen molar-refractivity contribution in [1.29, 1.82) is 0 Å². The van der Waals surface area contributed by atoms with Crippen LogP contribution >= 0.6 is 0 Å². The van der Waals surface area contributed by atoms with Crippen LogP contribution in [0.4, 0.5) is 5.82 Å². The summed E-state index contributed by atoms with van der Waals surface area (Å²) in [4.78, 5) is 16.5. The van der Waals surface area contributed by atoms with E-state index >= 15 is 0 Å². The van der Waals surface area contributed by atoms with Gasteiger partial charge in [-0.3, -0.25) is 9.48 Å². The van der Waals surface area contributed by atoms with Gasteiger partial charge in [0.25, 0.3) is 0 Å². The van der Waals surface area contributed by atoms with Gasteiger partial charge in [-0.15, -0.1) is 0 Å². The Balaban J connectivity index is 1.73. The molecule has 0 bridgehead atoms. The topological polar surface area (TPSA) is 73.0 Å². The highest BCUT2D eigenvalue weighted by atomic mass is 16.4. The second-order valence-electron chi connectivity index (χ2n) is 4.99. The van der Waals surface area contributed by atoms with Crippen molar-refractivity contribution in [2.75, 3.05) is 5.32 Å². The summed E-state index contributed by atoms with van der Waals surface area (Å²) < 4.78 is 7.27. The smallest absolute Gasteiger partial charge is 0.231 e. The zero-order valence-electron chi connectivity index (χ0n) is 12.4. The number of aromatic nitrogens is 3. The van der Waals surface area contributed by atoms with Crippen molar-refractivity contribution < 1.29 is 9.21 Å². The Labute approximate surface area is 127 Å². The standard InChI is InChI=1S/C16H16N4O2/c1-11-13(10-15(21)18-14-8-9-20(2)19-14)17-16(22-11)12-6-4-3-5-7-12/h3-9H,10H2,1-2H3,(H,18,19,21). The zero-order valence-corrected chi connectivity index (χ0v) is 12.4. The van der Waals surface area contributed by atoms with Crippen molar-refractivity contribution in [2.24, 2.45) is 7.05 Å². The molecule has 0 aliphatic rings. The minimum atomic E-state index is -0.172. The Morgan fingerprint density at radius 1 is 1.27 bits per heavy atom. The van der Waals surface area contributed by atoms with Crippen molar-refractivity contribution in [3.63, 3.8) is 0 Å². The molecular weight excluding hydrogens is 280 g/mol. The molecule has 2 aromatic heterocycles. The van der Waals surface area contributed by atoms with Gasteiger partial charge in [-0.2, -0.15) is 5.10 Å². The number of benzene rings is 1. The summed E-state index contributed by atoms with van der Waals surface area (Å²) in [6, 6.07) is 11.3. The number of nitrogens with zero attached hydrogens (tertiary/aromatic N) is 3. The quantitative estimate of drug-likeness (QED) is 0.803. The van der Waals surface area contributed by atoms with Crippen molar-refractivity contribution >= 4 is 11.7 Å². The fourth-order valence-electron chi connectivity index (χ4n) is 2.12. The fourth-order valence-corrected chi connectivity index (χ4v) is 2.12. The number of rotatable bonds is 4. The van der Waals surface area contributed by atoms with E-state index in [9.17, 15) is 4.79 Å². The highest BCUT2D eigenvalue weighted by Crippen LogP contribution is 2.21. The lowest BCUT2D eigenvalue weighted by Gasteiger charge is -1.99. The van der Waals surface area contributed by atoms with E-state index in [1.807, 2.05) is 37.3 Å². The summed E-state index contributed by atoms with van der Waals surface area (Å²) in [5.41, 5.74) is 1.52. The normalized spacial score (nSPS) is 10.6. The molecule has 22 heavy (non-hydrogen) atoms. The third-order valence-electron chi connectivity index (χ3n) is 3.22. The summed E-state index contributed by atoms with van der Waals surface area (Å²) >= 11 is 0. The highest BCUT2D eigenvalue weighted by molar-refractivity contribution is 5.91. The van der Waals surface area contributed by atoms with Crippen LogP contribution in [-0.4, -0.2) is 20.7 Å². The summed E-state index contributed by atoms with van der Waals surface area (Å²) in [5, 5.41) is 6.84. The lowest BCUT2D eigenvalue weighted by atomic mass is 10.2. The maximum absolute atomic E-state index is 12.0. The first-order chi connectivity index (χ1) is 10.6. The number of hydrogen-bond donors (Lipinski definition) is 1. The first-order valence-electron chi connectivity index (χ1n) is 6.93. The Bertz CT molecular complexity index is 790. The predicted octanol–water partition coefficient (Wildman–Crippen LogP) is 2.56. The van der Waals surface area contributed by atoms with E-state index < -0.39 is 0 Å². The van der Waals surface area contributed by atoms with Crippen molar-refractivity contribution in [1.82, 2.24) is 14.8 Å². The number of hydrogen-bond acceptors (Lipinski definition) is 4. The van der Waals surface area contributed by atoms with Crippen LogP contribution in [0.3, 0.4) is 0 Å². The lowest BCUT2D eigenvalue weighted by Crippen LogP contribution is -2.15. The largest absolute Gasteiger partial charge is 0.441 e. The van der Waals surface area contributed by atoms with Gasteiger partial charge in [-0.1, -0.05) is 18.2 Å². The highest BCUT2D eigenvalue weighted by Gasteiger charge is 2.15. The van der Waals surface area contributed by atoms with Crippen LogP contribution in [0.25, 0.3) is 11.5 Å². The van der Waals surface area contributed by atoms with E-state index in [0.717, 1.165) is 5.56 Å². The molecule has 0 saturated heterocycles. The molecule has 1 N–H and O–H groups in total. The van der Waals surface area contributed by atoms with Gasteiger partial charge in [0, 0.05) is 24.9 Å². The molecule has 0 saturated carbocycles. The minimum absolute atomic E-state index is 0.152. The number of aryl methyl sites for hydroxylation is 2. The van der Waals surface area contributed by atoms with Gasteiger partial charge in [0.2, 0.25) is 11.8 Å². The van der Waals surface area contributed by atoms with Crippen LogP contribution in [0.1, 0.15) is 11.5 Å². The Morgan fingerprint density at radius 2 is 2.05 bits per heavy atom. The maximum Gasteiger partial charge on any atom is 0.231 e. The second-order valence-corrected chi connectivity index (χ2v) is 4.99. The summed E-state index contributed by atoms with van der Waals surface area (Å²) in [5.74, 6) is 1.53. The van der Waals surface area contributed by atoms with Gasteiger partial charge in [0.1, 0.15) is 5.76 Å². The third kappa shape index (κ3) is 3.06. The molecule has 1 amide bonds. The van der Waals surface area contributed by atoms with Crippen LogP contribution in [0.2, 0.25) is 0 Å². The molecule has 0 radical (unpaired) electrons. The molecule has 1 aromatic carbocycles. The van der Waals surface area contributed by atoms with Crippen molar-refractivity contribution in [3.05, 3.63) is 54.0 Å². The fraction of sp³-hybridized carbons (Fsp3) is 0.188. The van der Waals surface area contributed by atoms with Gasteiger partial charge in [0.05, 0.1) is 12.1 Å². The molecule has 3 aromatic rings. The third-order valence-corrected chi connectivity index (χ3v) is 3.22. The van der Waals surface area contributed by atoms with Crippen LogP contribution in [-0.2, 0) is 18.3 Å². The number of carbonyl (C=O) groups excluding carboxylic acids is 1. The van der Waals surface area contributed by atoms with Crippen LogP contribution in [0.5, 0.6) is 0 Å². The van der Waals surface area contributed by atoms with E-state index in [1.165, 1.54) is 0 Å². The average Bonchev–Trinajstić information content (AvgIpc) is 3.07. The number of anilines is 1. The molecule has 112 valence electrons. The molecule has 0 atom stereocenters. The molecule has 0 fully saturated rings. The molecule has 3 rings (SSSR count). The van der Waals surface area contributed by atoms with Crippen LogP contribution in [0, 0.1) is 6.92 Å². The van der Waals surface area contributed by atoms with E-state index in [-0.39, 0.29) is 12.3 Å². The first kappa shape index (κ1) is 14.1. The van der Waals surface area contributed by atoms with Crippen LogP contribution in [0.15, 0.2) is 47.0 Å². The second kappa shape index (κ2) is 5.85. The number of amides is 1. The molecule has 0 aliphatic carbocycles. The molecule has 2 heterocycles.